The molecule has 0 aliphatic heterocycles. The van der Waals surface area contributed by atoms with Crippen molar-refractivity contribution in [3.8, 4) is 0 Å². The largest absolute Gasteiger partial charge is 0.387 e. The van der Waals surface area contributed by atoms with Crippen molar-refractivity contribution in [2.75, 3.05) is 6.54 Å². The van der Waals surface area contributed by atoms with E-state index in [-0.39, 0.29) is 0 Å². The third-order valence-electron chi connectivity index (χ3n) is 3.80. The topological polar surface area (TPSA) is 60.9 Å². The van der Waals surface area contributed by atoms with Gasteiger partial charge in [0.25, 0.3) is 0 Å². The average Bonchev–Trinajstić information content (AvgIpc) is 2.73. The molecule has 1 aromatic carbocycles. The molecule has 4 heteroatoms. The molecule has 4 nitrogen and oxygen atoms in total. The number of aliphatic hydroxyl groups excluding tert-OH is 1. The first-order valence-electron chi connectivity index (χ1n) is 6.59. The summed E-state index contributed by atoms with van der Waals surface area (Å²) in [7, 11) is 0. The van der Waals surface area contributed by atoms with Crippen molar-refractivity contribution in [3.05, 3.63) is 29.5 Å². The molecule has 1 aromatic heterocycles. The SMILES string of the molecule is Cc1cc([C@@H](O)CNC2CCC2)c2cn[nH]c2c1. The Bertz CT molecular complexity index is 545. The van der Waals surface area contributed by atoms with E-state index in [0.717, 1.165) is 22.0 Å². The first-order valence-corrected chi connectivity index (χ1v) is 6.59. The molecular weight excluding hydrogens is 226 g/mol. The highest BCUT2D eigenvalue weighted by molar-refractivity contribution is 5.82. The fourth-order valence-corrected chi connectivity index (χ4v) is 2.50. The molecule has 1 heterocycles. The third-order valence-corrected chi connectivity index (χ3v) is 3.80. The van der Waals surface area contributed by atoms with Gasteiger partial charge < -0.3 is 10.4 Å². The van der Waals surface area contributed by atoms with Crippen LogP contribution in [0.4, 0.5) is 0 Å². The Morgan fingerprint density at radius 1 is 1.50 bits per heavy atom. The summed E-state index contributed by atoms with van der Waals surface area (Å²) in [6.07, 6.45) is 5.11. The molecular formula is C14H19N3O. The molecule has 3 N–H and O–H groups in total. The summed E-state index contributed by atoms with van der Waals surface area (Å²) in [6.45, 7) is 2.66. The van der Waals surface area contributed by atoms with Gasteiger partial charge in [-0.05, 0) is 37.0 Å². The van der Waals surface area contributed by atoms with Gasteiger partial charge in [-0.2, -0.15) is 5.10 Å². The van der Waals surface area contributed by atoms with Crippen LogP contribution in [0.15, 0.2) is 18.3 Å². The number of hydrogen-bond acceptors (Lipinski definition) is 3. The number of aromatic nitrogens is 2. The number of nitrogens with zero attached hydrogens (tertiary/aromatic N) is 1. The van der Waals surface area contributed by atoms with Gasteiger partial charge in [0.2, 0.25) is 0 Å². The van der Waals surface area contributed by atoms with Crippen molar-refractivity contribution in [3.63, 3.8) is 0 Å². The van der Waals surface area contributed by atoms with E-state index in [1.54, 1.807) is 6.20 Å². The molecule has 0 spiro atoms. The number of rotatable bonds is 4. The molecule has 0 radical (unpaired) electrons. The molecule has 0 amide bonds. The zero-order valence-corrected chi connectivity index (χ0v) is 10.6. The molecule has 0 unspecified atom stereocenters. The van der Waals surface area contributed by atoms with Crippen molar-refractivity contribution < 1.29 is 5.11 Å². The summed E-state index contributed by atoms with van der Waals surface area (Å²) >= 11 is 0. The van der Waals surface area contributed by atoms with E-state index in [4.69, 9.17) is 0 Å². The van der Waals surface area contributed by atoms with Crippen molar-refractivity contribution in [1.82, 2.24) is 15.5 Å². The van der Waals surface area contributed by atoms with Crippen LogP contribution < -0.4 is 5.32 Å². The van der Waals surface area contributed by atoms with Crippen LogP contribution in [0.3, 0.4) is 0 Å². The van der Waals surface area contributed by atoms with Crippen LogP contribution in [-0.2, 0) is 0 Å². The predicted molar refractivity (Wildman–Crippen MR) is 71.4 cm³/mol. The van der Waals surface area contributed by atoms with Crippen LogP contribution in [0, 0.1) is 6.92 Å². The number of benzene rings is 1. The quantitative estimate of drug-likeness (QED) is 0.772. The molecule has 1 aliphatic rings. The second kappa shape index (κ2) is 4.71. The number of aromatic amines is 1. The number of aryl methyl sites for hydroxylation is 1. The first-order chi connectivity index (χ1) is 8.74. The van der Waals surface area contributed by atoms with Gasteiger partial charge in [0, 0.05) is 18.0 Å². The summed E-state index contributed by atoms with van der Waals surface area (Å²) in [5.41, 5.74) is 3.10. The lowest BCUT2D eigenvalue weighted by atomic mass is 9.92. The zero-order chi connectivity index (χ0) is 12.5. The third kappa shape index (κ3) is 2.13. The summed E-state index contributed by atoms with van der Waals surface area (Å²) in [5, 5.41) is 21.8. The van der Waals surface area contributed by atoms with Gasteiger partial charge in [0.05, 0.1) is 17.8 Å². The molecule has 0 saturated heterocycles. The number of hydrogen-bond donors (Lipinski definition) is 3. The van der Waals surface area contributed by atoms with Crippen molar-refractivity contribution >= 4 is 10.9 Å². The van der Waals surface area contributed by atoms with Crippen LogP contribution in [-0.4, -0.2) is 27.9 Å². The van der Waals surface area contributed by atoms with Gasteiger partial charge >= 0.3 is 0 Å². The van der Waals surface area contributed by atoms with E-state index >= 15 is 0 Å². The Morgan fingerprint density at radius 3 is 3.06 bits per heavy atom. The molecule has 3 rings (SSSR count). The van der Waals surface area contributed by atoms with Gasteiger partial charge in [-0.3, -0.25) is 5.10 Å². The highest BCUT2D eigenvalue weighted by atomic mass is 16.3. The molecule has 1 fully saturated rings. The van der Waals surface area contributed by atoms with E-state index < -0.39 is 6.10 Å². The van der Waals surface area contributed by atoms with Crippen LogP contribution >= 0.6 is 0 Å². The van der Waals surface area contributed by atoms with Gasteiger partial charge in [-0.15, -0.1) is 0 Å². The van der Waals surface area contributed by atoms with E-state index in [2.05, 4.69) is 21.6 Å². The number of H-pyrrole nitrogens is 1. The molecule has 96 valence electrons. The maximum Gasteiger partial charge on any atom is 0.0921 e. The first kappa shape index (κ1) is 11.7. The number of aliphatic hydroxyl groups is 1. The van der Waals surface area contributed by atoms with E-state index in [1.165, 1.54) is 19.3 Å². The zero-order valence-electron chi connectivity index (χ0n) is 10.6. The van der Waals surface area contributed by atoms with Gasteiger partial charge in [0.1, 0.15) is 0 Å². The van der Waals surface area contributed by atoms with Crippen LogP contribution in [0.2, 0.25) is 0 Å². The smallest absolute Gasteiger partial charge is 0.0921 e. The molecule has 1 aliphatic carbocycles. The Labute approximate surface area is 106 Å². The Kier molecular flexibility index (Phi) is 3.06. The van der Waals surface area contributed by atoms with Gasteiger partial charge in [-0.1, -0.05) is 12.5 Å². The normalized spacial score (nSPS) is 17.9. The maximum absolute atomic E-state index is 10.3. The molecule has 1 saturated carbocycles. The van der Waals surface area contributed by atoms with E-state index in [1.807, 2.05) is 13.0 Å². The summed E-state index contributed by atoms with van der Waals surface area (Å²) < 4.78 is 0. The van der Waals surface area contributed by atoms with Crippen molar-refractivity contribution in [2.45, 2.75) is 38.3 Å². The second-order valence-electron chi connectivity index (χ2n) is 5.24. The Morgan fingerprint density at radius 2 is 2.33 bits per heavy atom. The highest BCUT2D eigenvalue weighted by Gasteiger charge is 2.19. The van der Waals surface area contributed by atoms with Gasteiger partial charge in [-0.25, -0.2) is 0 Å². The Balaban J connectivity index is 1.80. The summed E-state index contributed by atoms with van der Waals surface area (Å²) in [5.74, 6) is 0. The van der Waals surface area contributed by atoms with E-state index in [0.29, 0.717) is 12.6 Å². The van der Waals surface area contributed by atoms with Crippen LogP contribution in [0.1, 0.15) is 36.5 Å². The fraction of sp³-hybridized carbons (Fsp3) is 0.500. The molecule has 2 aromatic rings. The minimum Gasteiger partial charge on any atom is -0.387 e. The standard InChI is InChI=1S/C14H19N3O/c1-9-5-11(12-7-16-17-13(12)6-9)14(18)8-15-10-3-2-4-10/h5-7,10,14-15,18H,2-4,8H2,1H3,(H,16,17)/t14-/m0/s1. The lowest BCUT2D eigenvalue weighted by Crippen LogP contribution is -2.37. The lowest BCUT2D eigenvalue weighted by Gasteiger charge is -2.28. The number of nitrogens with one attached hydrogen (secondary N) is 2. The predicted octanol–water partition coefficient (Wildman–Crippen LogP) is 2.05. The minimum absolute atomic E-state index is 0.467. The van der Waals surface area contributed by atoms with Crippen molar-refractivity contribution in [1.29, 1.82) is 0 Å². The Hall–Kier alpha value is -1.39. The highest BCUT2D eigenvalue weighted by Crippen LogP contribution is 2.25. The monoisotopic (exact) mass is 245 g/mol. The minimum atomic E-state index is -0.467. The fourth-order valence-electron chi connectivity index (χ4n) is 2.50. The molecule has 1 atom stereocenters. The van der Waals surface area contributed by atoms with E-state index in [9.17, 15) is 5.11 Å². The van der Waals surface area contributed by atoms with Crippen LogP contribution in [0.5, 0.6) is 0 Å². The lowest BCUT2D eigenvalue weighted by molar-refractivity contribution is 0.162. The maximum atomic E-state index is 10.3. The number of fused-ring (bicyclic) bond motifs is 1. The van der Waals surface area contributed by atoms with Crippen LogP contribution in [0.25, 0.3) is 10.9 Å². The summed E-state index contributed by atoms with van der Waals surface area (Å²) in [4.78, 5) is 0. The molecule has 18 heavy (non-hydrogen) atoms. The average molecular weight is 245 g/mol. The molecule has 0 bridgehead atoms. The van der Waals surface area contributed by atoms with Gasteiger partial charge in [0.15, 0.2) is 0 Å². The summed E-state index contributed by atoms with van der Waals surface area (Å²) in [6, 6.07) is 4.70. The van der Waals surface area contributed by atoms with Crippen molar-refractivity contribution in [2.24, 2.45) is 0 Å². The second-order valence-corrected chi connectivity index (χ2v) is 5.24.